The molecule has 0 bridgehead atoms. The molecule has 0 spiro atoms. The fraction of sp³-hybridized carbons (Fsp3) is 0.207. The number of halogens is 1. The van der Waals surface area contributed by atoms with Gasteiger partial charge in [-0.3, -0.25) is 4.79 Å². The summed E-state index contributed by atoms with van der Waals surface area (Å²) in [5, 5.41) is 10.6. The van der Waals surface area contributed by atoms with Crippen molar-refractivity contribution in [1.82, 2.24) is 14.7 Å². The summed E-state index contributed by atoms with van der Waals surface area (Å²) in [6.07, 6.45) is 1.69. The first-order valence-electron chi connectivity index (χ1n) is 12.3. The highest BCUT2D eigenvalue weighted by molar-refractivity contribution is 9.10. The Labute approximate surface area is 225 Å². The number of aromatic nitrogens is 2. The number of hydrogen-bond donors (Lipinski definition) is 2. The first-order valence-corrected chi connectivity index (χ1v) is 13.1. The van der Waals surface area contributed by atoms with E-state index in [1.807, 2.05) is 91.9 Å². The molecule has 190 valence electrons. The zero-order valence-electron chi connectivity index (χ0n) is 20.9. The smallest absolute Gasteiger partial charge is 0.315 e. The molecular formula is C29H30BrN5O2. The molecule has 37 heavy (non-hydrogen) atoms. The van der Waals surface area contributed by atoms with E-state index in [4.69, 9.17) is 5.10 Å². The lowest BCUT2D eigenvalue weighted by molar-refractivity contribution is -0.116. The summed E-state index contributed by atoms with van der Waals surface area (Å²) in [7, 11) is 0. The first-order chi connectivity index (χ1) is 17.9. The Morgan fingerprint density at radius 3 is 2.35 bits per heavy atom. The van der Waals surface area contributed by atoms with Gasteiger partial charge in [0.1, 0.15) is 12.4 Å². The molecule has 0 saturated carbocycles. The number of benzene rings is 3. The number of hydrogen-bond acceptors (Lipinski definition) is 3. The highest BCUT2D eigenvalue weighted by atomic mass is 79.9. The van der Waals surface area contributed by atoms with E-state index in [1.54, 1.807) is 4.68 Å². The topological polar surface area (TPSA) is 79.3 Å². The average molecular weight is 560 g/mol. The summed E-state index contributed by atoms with van der Waals surface area (Å²) < 4.78 is 2.50. The number of para-hydroxylation sites is 1. The summed E-state index contributed by atoms with van der Waals surface area (Å²) in [4.78, 5) is 27.8. The number of amides is 3. The zero-order valence-corrected chi connectivity index (χ0v) is 22.5. The number of nitrogens with one attached hydrogen (secondary N) is 2. The van der Waals surface area contributed by atoms with Crippen LogP contribution >= 0.6 is 15.9 Å². The van der Waals surface area contributed by atoms with Gasteiger partial charge in [0.25, 0.3) is 0 Å². The van der Waals surface area contributed by atoms with Crippen LogP contribution in [0.15, 0.2) is 89.4 Å². The maximum Gasteiger partial charge on any atom is 0.322 e. The number of nitrogens with zero attached hydrogens (tertiary/aromatic N) is 3. The van der Waals surface area contributed by atoms with Gasteiger partial charge >= 0.3 is 6.03 Å². The molecule has 0 unspecified atom stereocenters. The highest BCUT2D eigenvalue weighted by Crippen LogP contribution is 2.25. The van der Waals surface area contributed by atoms with Gasteiger partial charge in [0.15, 0.2) is 0 Å². The molecule has 0 saturated heterocycles. The number of urea groups is 1. The van der Waals surface area contributed by atoms with Gasteiger partial charge in [0.05, 0.1) is 17.1 Å². The highest BCUT2D eigenvalue weighted by Gasteiger charge is 2.20. The van der Waals surface area contributed by atoms with Gasteiger partial charge in [-0.15, -0.1) is 0 Å². The summed E-state index contributed by atoms with van der Waals surface area (Å²) in [5.41, 5.74) is 4.30. The number of rotatable bonds is 9. The van der Waals surface area contributed by atoms with Crippen LogP contribution in [0, 0.1) is 6.92 Å². The molecule has 3 amide bonds. The molecule has 4 rings (SSSR count). The van der Waals surface area contributed by atoms with E-state index in [0.29, 0.717) is 18.1 Å². The third kappa shape index (κ3) is 6.86. The van der Waals surface area contributed by atoms with Gasteiger partial charge in [-0.2, -0.15) is 5.10 Å². The molecular weight excluding hydrogens is 530 g/mol. The Morgan fingerprint density at radius 2 is 1.65 bits per heavy atom. The summed E-state index contributed by atoms with van der Waals surface area (Å²) in [6.45, 7) is 4.45. The molecule has 0 aliphatic heterocycles. The maximum atomic E-state index is 13.2. The molecule has 7 nitrogen and oxygen atoms in total. The van der Waals surface area contributed by atoms with Crippen molar-refractivity contribution in [3.05, 3.63) is 95.0 Å². The van der Waals surface area contributed by atoms with E-state index in [-0.39, 0.29) is 18.5 Å². The molecule has 0 aliphatic rings. The van der Waals surface area contributed by atoms with Crippen molar-refractivity contribution >= 4 is 39.4 Å². The van der Waals surface area contributed by atoms with Crippen LogP contribution < -0.4 is 10.6 Å². The van der Waals surface area contributed by atoms with Crippen molar-refractivity contribution in [2.75, 3.05) is 23.7 Å². The third-order valence-electron chi connectivity index (χ3n) is 5.84. The molecule has 1 heterocycles. The van der Waals surface area contributed by atoms with E-state index in [2.05, 4.69) is 33.5 Å². The van der Waals surface area contributed by atoms with Gasteiger partial charge in [0.2, 0.25) is 5.91 Å². The normalized spacial score (nSPS) is 10.7. The average Bonchev–Trinajstić information content (AvgIpc) is 3.32. The minimum Gasteiger partial charge on any atom is -0.315 e. The van der Waals surface area contributed by atoms with Crippen LogP contribution in [0.5, 0.6) is 0 Å². The van der Waals surface area contributed by atoms with Crippen LogP contribution in [0.3, 0.4) is 0 Å². The first kappa shape index (κ1) is 26.2. The van der Waals surface area contributed by atoms with E-state index in [1.165, 1.54) is 4.90 Å². The van der Waals surface area contributed by atoms with E-state index >= 15 is 0 Å². The zero-order chi connectivity index (χ0) is 26.2. The number of unbranched alkanes of at least 4 members (excludes halogenated alkanes) is 1. The summed E-state index contributed by atoms with van der Waals surface area (Å²) in [5.74, 6) is 0.237. The predicted octanol–water partition coefficient (Wildman–Crippen LogP) is 6.88. The van der Waals surface area contributed by atoms with Crippen molar-refractivity contribution < 1.29 is 9.59 Å². The van der Waals surface area contributed by atoms with Crippen molar-refractivity contribution in [2.45, 2.75) is 26.7 Å². The minimum atomic E-state index is -0.326. The molecule has 0 aliphatic carbocycles. The number of carbonyl (C=O) groups excluding carboxylic acids is 2. The Hall–Kier alpha value is -3.91. The fourth-order valence-corrected chi connectivity index (χ4v) is 4.20. The molecule has 0 fully saturated rings. The van der Waals surface area contributed by atoms with Gasteiger partial charge in [-0.25, -0.2) is 9.48 Å². The number of aryl methyl sites for hydroxylation is 1. The number of carbonyl (C=O) groups is 2. The van der Waals surface area contributed by atoms with Crippen LogP contribution in [0.1, 0.15) is 25.3 Å². The van der Waals surface area contributed by atoms with E-state index in [0.717, 1.165) is 39.8 Å². The van der Waals surface area contributed by atoms with Crippen LogP contribution in [0.4, 0.5) is 16.3 Å². The second-order valence-corrected chi connectivity index (χ2v) is 9.62. The molecule has 1 aromatic heterocycles. The number of anilines is 2. The van der Waals surface area contributed by atoms with Crippen molar-refractivity contribution in [1.29, 1.82) is 0 Å². The second kappa shape index (κ2) is 12.4. The molecule has 0 atom stereocenters. The monoisotopic (exact) mass is 559 g/mol. The van der Waals surface area contributed by atoms with Crippen molar-refractivity contribution in [3.63, 3.8) is 0 Å². The lowest BCUT2D eigenvalue weighted by Gasteiger charge is -2.23. The quantitative estimate of drug-likeness (QED) is 0.234. The Balaban J connectivity index is 1.56. The molecule has 4 aromatic rings. The standard InChI is InChI=1S/C29H30BrN5O2/c1-3-4-18-34(29(37)31-25-13-9-8-12-24(25)30)20-28(36)32-27-19-26(22-10-6-5-7-11-22)33-35(27)23-16-14-21(2)15-17-23/h5-17,19H,3-4,18,20H2,1-2H3,(H,31,37)(H,32,36). The Morgan fingerprint density at radius 1 is 0.946 bits per heavy atom. The lowest BCUT2D eigenvalue weighted by Crippen LogP contribution is -2.41. The maximum absolute atomic E-state index is 13.2. The SMILES string of the molecule is CCCCN(CC(=O)Nc1cc(-c2ccccc2)nn1-c1ccc(C)cc1)C(=O)Nc1ccccc1Br. The fourth-order valence-electron chi connectivity index (χ4n) is 3.82. The van der Waals surface area contributed by atoms with Gasteiger partial charge < -0.3 is 15.5 Å². The van der Waals surface area contributed by atoms with E-state index in [9.17, 15) is 9.59 Å². The van der Waals surface area contributed by atoms with Crippen molar-refractivity contribution in [2.24, 2.45) is 0 Å². The second-order valence-electron chi connectivity index (χ2n) is 8.76. The van der Waals surface area contributed by atoms with Crippen molar-refractivity contribution in [3.8, 4) is 16.9 Å². The molecule has 3 aromatic carbocycles. The summed E-state index contributed by atoms with van der Waals surface area (Å²) in [6, 6.07) is 26.7. The van der Waals surface area contributed by atoms with Gasteiger partial charge in [-0.1, -0.05) is 73.5 Å². The Kier molecular flexibility index (Phi) is 8.74. The molecule has 0 radical (unpaired) electrons. The minimum absolute atomic E-state index is 0.0873. The van der Waals surface area contributed by atoms with Crippen LogP contribution in [0.2, 0.25) is 0 Å². The van der Waals surface area contributed by atoms with Gasteiger partial charge in [0, 0.05) is 22.6 Å². The molecule has 8 heteroatoms. The predicted molar refractivity (Wildman–Crippen MR) is 152 cm³/mol. The summed E-state index contributed by atoms with van der Waals surface area (Å²) >= 11 is 3.46. The van der Waals surface area contributed by atoms with Crippen LogP contribution in [0.25, 0.3) is 16.9 Å². The third-order valence-corrected chi connectivity index (χ3v) is 6.54. The van der Waals surface area contributed by atoms with Crippen LogP contribution in [-0.2, 0) is 4.79 Å². The lowest BCUT2D eigenvalue weighted by atomic mass is 10.1. The van der Waals surface area contributed by atoms with Crippen LogP contribution in [-0.4, -0.2) is 39.7 Å². The molecule has 2 N–H and O–H groups in total. The van der Waals surface area contributed by atoms with Gasteiger partial charge in [-0.05, 0) is 53.5 Å². The van der Waals surface area contributed by atoms with E-state index < -0.39 is 0 Å². The largest absolute Gasteiger partial charge is 0.322 e. The Bertz CT molecular complexity index is 1350.